The van der Waals surface area contributed by atoms with Crippen LogP contribution >= 0.6 is 11.6 Å². The lowest BCUT2D eigenvalue weighted by atomic mass is 9.99. The number of rotatable bonds is 7. The molecule has 0 saturated carbocycles. The van der Waals surface area contributed by atoms with Gasteiger partial charge in [-0.2, -0.15) is 0 Å². The van der Waals surface area contributed by atoms with Gasteiger partial charge in [0.15, 0.2) is 11.5 Å². The molecule has 0 fully saturated rings. The Balaban J connectivity index is 2.12. The summed E-state index contributed by atoms with van der Waals surface area (Å²) in [6.45, 7) is 1.87. The van der Waals surface area contributed by atoms with Crippen LogP contribution in [0.2, 0.25) is 5.02 Å². The molecule has 0 radical (unpaired) electrons. The van der Waals surface area contributed by atoms with Crippen molar-refractivity contribution in [2.75, 3.05) is 18.9 Å². The molecule has 0 amide bonds. The summed E-state index contributed by atoms with van der Waals surface area (Å²) < 4.78 is 39.1. The van der Waals surface area contributed by atoms with Crippen molar-refractivity contribution in [1.29, 1.82) is 0 Å². The number of aliphatic hydroxyl groups excluding tert-OH is 1. The van der Waals surface area contributed by atoms with Crippen molar-refractivity contribution >= 4 is 27.3 Å². The summed E-state index contributed by atoms with van der Waals surface area (Å²) >= 11 is 6.24. The maximum atomic E-state index is 13.0. The highest BCUT2D eigenvalue weighted by Crippen LogP contribution is 2.40. The fourth-order valence-electron chi connectivity index (χ4n) is 2.99. The third-order valence-corrected chi connectivity index (χ3v) is 6.35. The molecular formula is C22H22ClNO5S. The number of sulfonamides is 1. The Bertz CT molecular complexity index is 1150. The lowest BCUT2D eigenvalue weighted by Crippen LogP contribution is -2.16. The van der Waals surface area contributed by atoms with Gasteiger partial charge in [0.2, 0.25) is 0 Å². The highest BCUT2D eigenvalue weighted by Gasteiger charge is 2.24. The summed E-state index contributed by atoms with van der Waals surface area (Å²) in [6, 6.07) is 16.3. The molecule has 0 aliphatic carbocycles. The van der Waals surface area contributed by atoms with Crippen LogP contribution in [-0.2, 0) is 10.0 Å². The van der Waals surface area contributed by atoms with E-state index in [2.05, 4.69) is 4.72 Å². The Morgan fingerprint density at radius 1 is 0.933 bits per heavy atom. The summed E-state index contributed by atoms with van der Waals surface area (Å²) in [4.78, 5) is 0.0982. The van der Waals surface area contributed by atoms with Crippen LogP contribution in [0.4, 0.5) is 5.69 Å². The first kappa shape index (κ1) is 22.0. The number of aliphatic hydroxyl groups is 1. The van der Waals surface area contributed by atoms with Crippen LogP contribution in [0, 0.1) is 6.92 Å². The Hall–Kier alpha value is -2.74. The zero-order chi connectivity index (χ0) is 21.9. The third kappa shape index (κ3) is 4.53. The largest absolute Gasteiger partial charge is 0.493 e. The summed E-state index contributed by atoms with van der Waals surface area (Å²) in [6.07, 6.45) is -1.20. The van der Waals surface area contributed by atoms with Crippen LogP contribution in [0.3, 0.4) is 0 Å². The second-order valence-corrected chi connectivity index (χ2v) is 8.73. The molecule has 1 atom stereocenters. The number of aryl methyl sites for hydroxylation is 1. The summed E-state index contributed by atoms with van der Waals surface area (Å²) in [7, 11) is -1.01. The van der Waals surface area contributed by atoms with Crippen molar-refractivity contribution in [2.45, 2.75) is 17.9 Å². The molecule has 3 rings (SSSR count). The number of anilines is 1. The fraction of sp³-hybridized carbons (Fsp3) is 0.182. The van der Waals surface area contributed by atoms with Crippen LogP contribution in [0.5, 0.6) is 11.5 Å². The van der Waals surface area contributed by atoms with Gasteiger partial charge in [0.05, 0.1) is 24.8 Å². The smallest absolute Gasteiger partial charge is 0.261 e. The second-order valence-electron chi connectivity index (χ2n) is 6.64. The average molecular weight is 448 g/mol. The molecule has 0 bridgehead atoms. The van der Waals surface area contributed by atoms with Gasteiger partial charge in [-0.05, 0) is 31.2 Å². The van der Waals surface area contributed by atoms with Crippen LogP contribution < -0.4 is 14.2 Å². The third-order valence-electron chi connectivity index (χ3n) is 4.63. The maximum Gasteiger partial charge on any atom is 0.261 e. The number of methoxy groups -OCH3 is 2. The molecule has 3 aromatic carbocycles. The van der Waals surface area contributed by atoms with Gasteiger partial charge in [-0.25, -0.2) is 8.42 Å². The normalized spacial score (nSPS) is 12.3. The lowest BCUT2D eigenvalue weighted by molar-refractivity contribution is 0.220. The standard InChI is InChI=1S/C22H22ClNO5S/c1-14-8-10-15(11-9-14)30(26,27)24-19-13-21(29-3)20(28-2)12-17(19)22(25)16-6-4-5-7-18(16)23/h4-13,22,24-25H,1-3H3. The molecule has 0 aliphatic heterocycles. The van der Waals surface area contributed by atoms with Crippen LogP contribution in [0.15, 0.2) is 65.6 Å². The first-order valence-corrected chi connectivity index (χ1v) is 10.9. The van der Waals surface area contributed by atoms with Crippen molar-refractivity contribution < 1.29 is 23.0 Å². The molecule has 2 N–H and O–H groups in total. The minimum atomic E-state index is -3.91. The molecule has 8 heteroatoms. The van der Waals surface area contributed by atoms with Crippen molar-refractivity contribution in [1.82, 2.24) is 0 Å². The van der Waals surface area contributed by atoms with Gasteiger partial charge in [0, 0.05) is 22.2 Å². The molecule has 1 unspecified atom stereocenters. The predicted molar refractivity (Wildman–Crippen MR) is 117 cm³/mol. The van der Waals surface area contributed by atoms with E-state index in [4.69, 9.17) is 21.1 Å². The van der Waals surface area contributed by atoms with Crippen molar-refractivity contribution in [2.24, 2.45) is 0 Å². The van der Waals surface area contributed by atoms with E-state index in [0.29, 0.717) is 22.1 Å². The second kappa shape index (κ2) is 8.95. The zero-order valence-corrected chi connectivity index (χ0v) is 18.3. The van der Waals surface area contributed by atoms with E-state index in [1.165, 1.54) is 38.5 Å². The molecule has 0 spiro atoms. The van der Waals surface area contributed by atoms with Crippen molar-refractivity contribution in [3.8, 4) is 11.5 Å². The van der Waals surface area contributed by atoms with Crippen molar-refractivity contribution in [3.63, 3.8) is 0 Å². The molecule has 0 aliphatic rings. The zero-order valence-electron chi connectivity index (χ0n) is 16.7. The number of hydrogen-bond acceptors (Lipinski definition) is 5. The molecule has 0 saturated heterocycles. The SMILES string of the molecule is COc1cc(NS(=O)(=O)c2ccc(C)cc2)c(C(O)c2ccccc2Cl)cc1OC. The van der Waals surface area contributed by atoms with Gasteiger partial charge in [0.25, 0.3) is 10.0 Å². The molecule has 6 nitrogen and oxygen atoms in total. The minimum Gasteiger partial charge on any atom is -0.493 e. The lowest BCUT2D eigenvalue weighted by Gasteiger charge is -2.21. The van der Waals surface area contributed by atoms with Crippen LogP contribution in [0.25, 0.3) is 0 Å². The number of ether oxygens (including phenoxy) is 2. The molecular weight excluding hydrogens is 426 g/mol. The van der Waals surface area contributed by atoms with Crippen LogP contribution in [-0.4, -0.2) is 27.7 Å². The summed E-state index contributed by atoms with van der Waals surface area (Å²) in [5.41, 5.74) is 1.80. The van der Waals surface area contributed by atoms with Crippen molar-refractivity contribution in [3.05, 3.63) is 82.4 Å². The summed E-state index contributed by atoms with van der Waals surface area (Å²) in [5, 5.41) is 11.4. The number of halogens is 1. The first-order valence-electron chi connectivity index (χ1n) is 9.04. The van der Waals surface area contributed by atoms with E-state index >= 15 is 0 Å². The van der Waals surface area contributed by atoms with E-state index in [-0.39, 0.29) is 16.1 Å². The predicted octanol–water partition coefficient (Wildman–Crippen LogP) is 4.55. The average Bonchev–Trinajstić information content (AvgIpc) is 2.73. The van der Waals surface area contributed by atoms with Gasteiger partial charge >= 0.3 is 0 Å². The Kier molecular flexibility index (Phi) is 6.55. The number of hydrogen-bond donors (Lipinski definition) is 2. The highest BCUT2D eigenvalue weighted by molar-refractivity contribution is 7.92. The molecule has 30 heavy (non-hydrogen) atoms. The Morgan fingerprint density at radius 2 is 1.53 bits per heavy atom. The molecule has 0 heterocycles. The van der Waals surface area contributed by atoms with Gasteiger partial charge in [-0.15, -0.1) is 0 Å². The Labute approximate surface area is 181 Å². The van der Waals surface area contributed by atoms with E-state index in [1.807, 2.05) is 6.92 Å². The van der Waals surface area contributed by atoms with E-state index in [9.17, 15) is 13.5 Å². The first-order chi connectivity index (χ1) is 14.3. The van der Waals surface area contributed by atoms with Gasteiger partial charge in [-0.1, -0.05) is 47.5 Å². The number of benzene rings is 3. The van der Waals surface area contributed by atoms with E-state index < -0.39 is 16.1 Å². The Morgan fingerprint density at radius 3 is 2.13 bits per heavy atom. The minimum absolute atomic E-state index is 0.0982. The summed E-state index contributed by atoms with van der Waals surface area (Å²) in [5.74, 6) is 0.658. The quantitative estimate of drug-likeness (QED) is 0.555. The monoisotopic (exact) mass is 447 g/mol. The highest BCUT2D eigenvalue weighted by atomic mass is 35.5. The van der Waals surface area contributed by atoms with Gasteiger partial charge in [0.1, 0.15) is 6.10 Å². The van der Waals surface area contributed by atoms with Gasteiger partial charge in [-0.3, -0.25) is 4.72 Å². The topological polar surface area (TPSA) is 84.9 Å². The number of nitrogens with one attached hydrogen (secondary N) is 1. The molecule has 3 aromatic rings. The molecule has 0 aromatic heterocycles. The van der Waals surface area contributed by atoms with Gasteiger partial charge < -0.3 is 14.6 Å². The van der Waals surface area contributed by atoms with Crippen LogP contribution in [0.1, 0.15) is 22.8 Å². The molecule has 158 valence electrons. The van der Waals surface area contributed by atoms with E-state index in [0.717, 1.165) is 5.56 Å². The fourth-order valence-corrected chi connectivity index (χ4v) is 4.31. The van der Waals surface area contributed by atoms with E-state index in [1.54, 1.807) is 36.4 Å². The maximum absolute atomic E-state index is 13.0.